The van der Waals surface area contributed by atoms with Crippen LogP contribution in [-0.2, 0) is 0 Å². The summed E-state index contributed by atoms with van der Waals surface area (Å²) in [6.45, 7) is 1.71. The highest BCUT2D eigenvalue weighted by molar-refractivity contribution is 6.37. The fraction of sp³-hybridized carbons (Fsp3) is 0.118. The van der Waals surface area contributed by atoms with Gasteiger partial charge in [-0.25, -0.2) is 13.2 Å². The van der Waals surface area contributed by atoms with Crippen LogP contribution in [0.5, 0.6) is 0 Å². The number of hydrogen-bond acceptors (Lipinski definition) is 2. The number of halogens is 4. The van der Waals surface area contributed by atoms with E-state index in [1.807, 2.05) is 6.07 Å². The van der Waals surface area contributed by atoms with Crippen LogP contribution in [0.4, 0.5) is 13.2 Å². The Bertz CT molecular complexity index is 793. The Morgan fingerprint density at radius 3 is 2.26 bits per heavy atom. The van der Waals surface area contributed by atoms with Gasteiger partial charge in [-0.1, -0.05) is 41.9 Å². The van der Waals surface area contributed by atoms with Crippen molar-refractivity contribution >= 4 is 28.5 Å². The van der Waals surface area contributed by atoms with Crippen LogP contribution in [0.25, 0.3) is 11.1 Å². The van der Waals surface area contributed by atoms with Crippen LogP contribution in [0.15, 0.2) is 47.6 Å². The van der Waals surface area contributed by atoms with Crippen LogP contribution in [-0.4, -0.2) is 11.2 Å². The second-order valence-electron chi connectivity index (χ2n) is 5.09. The largest absolute Gasteiger partial charge is 0.287 e. The van der Waals surface area contributed by atoms with E-state index in [1.165, 1.54) is 0 Å². The molecule has 1 N–H and O–H groups in total. The van der Waals surface area contributed by atoms with E-state index in [1.54, 1.807) is 31.2 Å². The minimum atomic E-state index is -1.01. The lowest BCUT2D eigenvalue weighted by Crippen LogP contribution is -2.28. The van der Waals surface area contributed by atoms with Crippen LogP contribution in [0, 0.1) is 17.5 Å². The molecule has 1 atom stereocenters. The van der Waals surface area contributed by atoms with Gasteiger partial charge in [-0.05, 0) is 12.5 Å². The summed E-state index contributed by atoms with van der Waals surface area (Å²) >= 11 is 6.21. The first-order valence-corrected chi connectivity index (χ1v) is 7.31. The van der Waals surface area contributed by atoms with Crippen molar-refractivity contribution in [1.29, 1.82) is 0 Å². The van der Waals surface area contributed by atoms with Gasteiger partial charge in [-0.3, -0.25) is 5.43 Å². The topological polar surface area (TPSA) is 24.4 Å². The van der Waals surface area contributed by atoms with E-state index in [0.29, 0.717) is 23.4 Å². The molecule has 0 radical (unpaired) electrons. The van der Waals surface area contributed by atoms with Gasteiger partial charge in [0.15, 0.2) is 0 Å². The molecule has 2 aromatic rings. The molecule has 0 saturated carbocycles. The summed E-state index contributed by atoms with van der Waals surface area (Å²) < 4.78 is 41.7. The molecular weight excluding hydrogens is 325 g/mol. The summed E-state index contributed by atoms with van der Waals surface area (Å²) in [5.74, 6) is -2.99. The SMILES string of the molecule is CC1=NNC(Cl)C(c2c(F)cc(F)cc2F)=C1c1ccccc1. The fourth-order valence-electron chi connectivity index (χ4n) is 2.62. The molecule has 1 unspecified atom stereocenters. The summed E-state index contributed by atoms with van der Waals surface area (Å²) in [6, 6.07) is 10.3. The monoisotopic (exact) mass is 336 g/mol. The van der Waals surface area contributed by atoms with Crippen LogP contribution in [0.1, 0.15) is 18.1 Å². The molecule has 3 rings (SSSR count). The first-order chi connectivity index (χ1) is 11.0. The molecule has 1 aliphatic rings. The molecule has 0 aromatic heterocycles. The second kappa shape index (κ2) is 6.08. The number of hydrogen-bond donors (Lipinski definition) is 1. The van der Waals surface area contributed by atoms with E-state index < -0.39 is 23.0 Å². The lowest BCUT2D eigenvalue weighted by molar-refractivity contribution is 0.537. The summed E-state index contributed by atoms with van der Waals surface area (Å²) in [5, 5.41) is 4.08. The van der Waals surface area contributed by atoms with Crippen molar-refractivity contribution in [3.05, 3.63) is 71.0 Å². The van der Waals surface area contributed by atoms with Gasteiger partial charge in [0.2, 0.25) is 0 Å². The zero-order valence-electron chi connectivity index (χ0n) is 12.1. The fourth-order valence-corrected chi connectivity index (χ4v) is 2.88. The van der Waals surface area contributed by atoms with Crippen molar-refractivity contribution in [3.63, 3.8) is 0 Å². The number of alkyl halides is 1. The summed E-state index contributed by atoms with van der Waals surface area (Å²) in [7, 11) is 0. The van der Waals surface area contributed by atoms with Crippen LogP contribution < -0.4 is 5.43 Å². The molecule has 23 heavy (non-hydrogen) atoms. The summed E-state index contributed by atoms with van der Waals surface area (Å²) in [6.07, 6.45) is 0. The smallest absolute Gasteiger partial charge is 0.144 e. The van der Waals surface area contributed by atoms with E-state index in [9.17, 15) is 13.2 Å². The molecule has 0 spiro atoms. The van der Waals surface area contributed by atoms with Gasteiger partial charge >= 0.3 is 0 Å². The molecule has 0 bridgehead atoms. The third kappa shape index (κ3) is 2.84. The Balaban J connectivity index is 2.34. The Kier molecular flexibility index (Phi) is 4.13. The van der Waals surface area contributed by atoms with Crippen molar-refractivity contribution in [2.24, 2.45) is 5.10 Å². The number of rotatable bonds is 2. The van der Waals surface area contributed by atoms with E-state index in [0.717, 1.165) is 5.56 Å². The predicted molar refractivity (Wildman–Crippen MR) is 85.5 cm³/mol. The van der Waals surface area contributed by atoms with Gasteiger partial charge in [0.25, 0.3) is 0 Å². The molecule has 1 heterocycles. The second-order valence-corrected chi connectivity index (χ2v) is 5.52. The minimum absolute atomic E-state index is 0.195. The van der Waals surface area contributed by atoms with Crippen LogP contribution in [0.3, 0.4) is 0 Å². The highest BCUT2D eigenvalue weighted by atomic mass is 35.5. The van der Waals surface area contributed by atoms with Crippen LogP contribution >= 0.6 is 11.6 Å². The Hall–Kier alpha value is -2.27. The molecule has 1 aliphatic heterocycles. The van der Waals surface area contributed by atoms with Gasteiger partial charge in [-0.15, -0.1) is 0 Å². The van der Waals surface area contributed by atoms with E-state index in [2.05, 4.69) is 10.5 Å². The third-order valence-corrected chi connectivity index (χ3v) is 3.88. The van der Waals surface area contributed by atoms with E-state index in [4.69, 9.17) is 11.6 Å². The number of nitrogens with zero attached hydrogens (tertiary/aromatic N) is 1. The quantitative estimate of drug-likeness (QED) is 0.631. The molecule has 0 amide bonds. The van der Waals surface area contributed by atoms with Gasteiger partial charge in [0, 0.05) is 23.3 Å². The van der Waals surface area contributed by atoms with Crippen molar-refractivity contribution in [3.8, 4) is 0 Å². The minimum Gasteiger partial charge on any atom is -0.287 e. The average molecular weight is 337 g/mol. The number of nitrogens with one attached hydrogen (secondary N) is 1. The Morgan fingerprint density at radius 2 is 1.65 bits per heavy atom. The number of hydrazone groups is 1. The molecule has 0 saturated heterocycles. The Labute approximate surface area is 136 Å². The van der Waals surface area contributed by atoms with E-state index in [-0.39, 0.29) is 11.1 Å². The zero-order chi connectivity index (χ0) is 16.6. The lowest BCUT2D eigenvalue weighted by Gasteiger charge is -2.25. The average Bonchev–Trinajstić information content (AvgIpc) is 2.50. The zero-order valence-corrected chi connectivity index (χ0v) is 12.8. The lowest BCUT2D eigenvalue weighted by atomic mass is 9.90. The predicted octanol–water partition coefficient (Wildman–Crippen LogP) is 4.56. The highest BCUT2D eigenvalue weighted by Gasteiger charge is 2.29. The number of allylic oxidation sites excluding steroid dienone is 1. The van der Waals surface area contributed by atoms with E-state index >= 15 is 0 Å². The first kappa shape index (κ1) is 15.6. The summed E-state index contributed by atoms with van der Waals surface area (Å²) in [4.78, 5) is 0. The van der Waals surface area contributed by atoms with Crippen molar-refractivity contribution in [2.75, 3.05) is 0 Å². The van der Waals surface area contributed by atoms with Crippen molar-refractivity contribution < 1.29 is 13.2 Å². The molecule has 6 heteroatoms. The first-order valence-electron chi connectivity index (χ1n) is 6.88. The molecule has 2 nitrogen and oxygen atoms in total. The van der Waals surface area contributed by atoms with Gasteiger partial charge < -0.3 is 0 Å². The molecule has 118 valence electrons. The Morgan fingerprint density at radius 1 is 1.04 bits per heavy atom. The maximum atomic E-state index is 14.2. The normalized spacial score (nSPS) is 17.8. The molecule has 0 fully saturated rings. The van der Waals surface area contributed by atoms with Gasteiger partial charge in [0.05, 0.1) is 11.3 Å². The van der Waals surface area contributed by atoms with Crippen molar-refractivity contribution in [1.82, 2.24) is 5.43 Å². The molecule has 0 aliphatic carbocycles. The third-order valence-electron chi connectivity index (χ3n) is 3.57. The number of benzene rings is 2. The van der Waals surface area contributed by atoms with Gasteiger partial charge in [-0.2, -0.15) is 5.10 Å². The molecule has 2 aromatic carbocycles. The maximum absolute atomic E-state index is 14.2. The van der Waals surface area contributed by atoms with Crippen molar-refractivity contribution in [2.45, 2.75) is 12.4 Å². The summed E-state index contributed by atoms with van der Waals surface area (Å²) in [5.41, 5.74) is 3.29. The standard InChI is InChI=1S/C17H12ClF3N2/c1-9-14(10-5-3-2-4-6-10)16(17(18)23-22-9)15-12(20)7-11(19)8-13(15)21/h2-8,17,23H,1H3. The highest BCUT2D eigenvalue weighted by Crippen LogP contribution is 2.36. The van der Waals surface area contributed by atoms with Crippen LogP contribution in [0.2, 0.25) is 0 Å². The van der Waals surface area contributed by atoms with Gasteiger partial charge in [0.1, 0.15) is 23.0 Å². The maximum Gasteiger partial charge on any atom is 0.144 e. The molecular formula is C17H12ClF3N2.